The van der Waals surface area contributed by atoms with Crippen LogP contribution in [0.1, 0.15) is 35.8 Å². The number of rotatable bonds is 2. The van der Waals surface area contributed by atoms with Gasteiger partial charge < -0.3 is 5.73 Å². The molecule has 1 heterocycles. The molecule has 0 aliphatic rings. The van der Waals surface area contributed by atoms with Crippen molar-refractivity contribution in [1.29, 1.82) is 0 Å². The number of amides is 1. The van der Waals surface area contributed by atoms with Crippen LogP contribution in [-0.2, 0) is 0 Å². The predicted molar refractivity (Wildman–Crippen MR) is 64.3 cm³/mol. The third-order valence-corrected chi connectivity index (χ3v) is 2.59. The molecule has 0 fully saturated rings. The number of pyridine rings is 1. The molecule has 0 bridgehead atoms. The van der Waals surface area contributed by atoms with Crippen molar-refractivity contribution in [3.8, 4) is 0 Å². The van der Waals surface area contributed by atoms with Crippen LogP contribution in [0.2, 0.25) is 0 Å². The molecule has 0 spiro atoms. The average molecular weight is 214 g/mol. The van der Waals surface area contributed by atoms with E-state index in [2.05, 4.69) is 4.98 Å². The van der Waals surface area contributed by atoms with Crippen molar-refractivity contribution in [2.24, 2.45) is 5.73 Å². The standard InChI is InChI=1S/C13H14N2O/c1-8(2)12-7-10(13(14)16)9-5-3-4-6-11(9)15-12/h3-8H,1-2H3,(H2,14,16). The van der Waals surface area contributed by atoms with Gasteiger partial charge in [-0.1, -0.05) is 32.0 Å². The highest BCUT2D eigenvalue weighted by atomic mass is 16.1. The summed E-state index contributed by atoms with van der Waals surface area (Å²) in [6, 6.07) is 9.34. The Labute approximate surface area is 94.3 Å². The molecule has 0 saturated heterocycles. The maximum Gasteiger partial charge on any atom is 0.249 e. The monoisotopic (exact) mass is 214 g/mol. The lowest BCUT2D eigenvalue weighted by Gasteiger charge is -2.09. The third-order valence-electron chi connectivity index (χ3n) is 2.59. The first kappa shape index (κ1) is 10.6. The van der Waals surface area contributed by atoms with Gasteiger partial charge in [0.1, 0.15) is 0 Å². The Balaban J connectivity index is 2.79. The number of fused-ring (bicyclic) bond motifs is 1. The highest BCUT2D eigenvalue weighted by Gasteiger charge is 2.11. The van der Waals surface area contributed by atoms with Gasteiger partial charge in [0.25, 0.3) is 0 Å². The molecular weight excluding hydrogens is 200 g/mol. The van der Waals surface area contributed by atoms with Crippen molar-refractivity contribution >= 4 is 16.8 Å². The van der Waals surface area contributed by atoms with Gasteiger partial charge in [-0.25, -0.2) is 0 Å². The van der Waals surface area contributed by atoms with Gasteiger partial charge >= 0.3 is 0 Å². The number of benzene rings is 1. The van der Waals surface area contributed by atoms with Crippen molar-refractivity contribution in [3.63, 3.8) is 0 Å². The molecule has 16 heavy (non-hydrogen) atoms. The summed E-state index contributed by atoms with van der Waals surface area (Å²) in [6.45, 7) is 4.09. The van der Waals surface area contributed by atoms with Crippen LogP contribution >= 0.6 is 0 Å². The molecule has 3 heteroatoms. The second-order valence-electron chi connectivity index (χ2n) is 4.13. The molecule has 0 aliphatic heterocycles. The highest BCUT2D eigenvalue weighted by Crippen LogP contribution is 2.21. The highest BCUT2D eigenvalue weighted by molar-refractivity contribution is 6.05. The molecule has 2 aromatic rings. The van der Waals surface area contributed by atoms with Gasteiger partial charge in [0.15, 0.2) is 0 Å². The second kappa shape index (κ2) is 3.93. The van der Waals surface area contributed by atoms with Crippen LogP contribution in [0.3, 0.4) is 0 Å². The fourth-order valence-electron chi connectivity index (χ4n) is 1.70. The van der Waals surface area contributed by atoms with Crippen LogP contribution in [0.5, 0.6) is 0 Å². The smallest absolute Gasteiger partial charge is 0.249 e. The second-order valence-corrected chi connectivity index (χ2v) is 4.13. The fourth-order valence-corrected chi connectivity index (χ4v) is 1.70. The molecule has 0 saturated carbocycles. The van der Waals surface area contributed by atoms with Gasteiger partial charge in [-0.05, 0) is 18.1 Å². The number of carbonyl (C=O) groups excluding carboxylic acids is 1. The molecule has 82 valence electrons. The zero-order valence-corrected chi connectivity index (χ0v) is 9.40. The number of carbonyl (C=O) groups is 1. The molecule has 2 N–H and O–H groups in total. The van der Waals surface area contributed by atoms with Crippen LogP contribution in [0, 0.1) is 0 Å². The Kier molecular flexibility index (Phi) is 2.60. The fraction of sp³-hybridized carbons (Fsp3) is 0.231. The minimum absolute atomic E-state index is 0.280. The quantitative estimate of drug-likeness (QED) is 0.834. The van der Waals surface area contributed by atoms with Crippen molar-refractivity contribution in [2.45, 2.75) is 19.8 Å². The number of primary amides is 1. The number of nitrogens with two attached hydrogens (primary N) is 1. The Morgan fingerprint density at radius 2 is 2.00 bits per heavy atom. The van der Waals surface area contributed by atoms with Gasteiger partial charge in [0, 0.05) is 11.1 Å². The van der Waals surface area contributed by atoms with E-state index in [-0.39, 0.29) is 5.92 Å². The lowest BCUT2D eigenvalue weighted by Crippen LogP contribution is -2.13. The summed E-state index contributed by atoms with van der Waals surface area (Å²) in [5.74, 6) is -0.122. The first-order valence-electron chi connectivity index (χ1n) is 5.29. The molecule has 0 aliphatic carbocycles. The minimum Gasteiger partial charge on any atom is -0.366 e. The van der Waals surface area contributed by atoms with Crippen LogP contribution < -0.4 is 5.73 Å². The average Bonchev–Trinajstić information content (AvgIpc) is 2.27. The number of hydrogen-bond donors (Lipinski definition) is 1. The molecule has 1 amide bonds. The van der Waals surface area contributed by atoms with E-state index in [0.29, 0.717) is 5.56 Å². The Morgan fingerprint density at radius 3 is 2.62 bits per heavy atom. The van der Waals surface area contributed by atoms with E-state index in [1.54, 1.807) is 6.07 Å². The summed E-state index contributed by atoms with van der Waals surface area (Å²) >= 11 is 0. The summed E-state index contributed by atoms with van der Waals surface area (Å²) in [7, 11) is 0. The lowest BCUT2D eigenvalue weighted by molar-refractivity contribution is 0.100. The molecule has 1 aromatic heterocycles. The van der Waals surface area contributed by atoms with Crippen LogP contribution in [-0.4, -0.2) is 10.9 Å². The SMILES string of the molecule is CC(C)c1cc(C(N)=O)c2ccccc2n1. The number of aromatic nitrogens is 1. The maximum absolute atomic E-state index is 11.4. The summed E-state index contributed by atoms with van der Waals surface area (Å²) < 4.78 is 0. The zero-order valence-electron chi connectivity index (χ0n) is 9.40. The first-order valence-corrected chi connectivity index (χ1v) is 5.29. The lowest BCUT2D eigenvalue weighted by atomic mass is 10.0. The van der Waals surface area contributed by atoms with Gasteiger partial charge in [0.05, 0.1) is 11.1 Å². The summed E-state index contributed by atoms with van der Waals surface area (Å²) in [6.07, 6.45) is 0. The van der Waals surface area contributed by atoms with Gasteiger partial charge in [-0.15, -0.1) is 0 Å². The molecule has 0 unspecified atom stereocenters. The molecule has 3 nitrogen and oxygen atoms in total. The van der Waals surface area contributed by atoms with E-state index in [0.717, 1.165) is 16.6 Å². The van der Waals surface area contributed by atoms with E-state index >= 15 is 0 Å². The molecular formula is C13H14N2O. The Hall–Kier alpha value is -1.90. The van der Waals surface area contributed by atoms with Gasteiger partial charge in [0.2, 0.25) is 5.91 Å². The number of hydrogen-bond acceptors (Lipinski definition) is 2. The number of para-hydroxylation sites is 1. The van der Waals surface area contributed by atoms with E-state index in [4.69, 9.17) is 5.73 Å². The van der Waals surface area contributed by atoms with Crippen LogP contribution in [0.4, 0.5) is 0 Å². The van der Waals surface area contributed by atoms with Gasteiger partial charge in [-0.3, -0.25) is 9.78 Å². The zero-order chi connectivity index (χ0) is 11.7. The van der Waals surface area contributed by atoms with E-state index in [1.165, 1.54) is 0 Å². The van der Waals surface area contributed by atoms with Crippen LogP contribution in [0.15, 0.2) is 30.3 Å². The molecule has 2 rings (SSSR count). The van der Waals surface area contributed by atoms with Crippen molar-refractivity contribution in [3.05, 3.63) is 41.6 Å². The first-order chi connectivity index (χ1) is 7.59. The van der Waals surface area contributed by atoms with E-state index in [1.807, 2.05) is 38.1 Å². The summed E-state index contributed by atoms with van der Waals surface area (Å²) in [4.78, 5) is 15.9. The Morgan fingerprint density at radius 1 is 1.31 bits per heavy atom. The molecule has 0 radical (unpaired) electrons. The third kappa shape index (κ3) is 1.76. The molecule has 0 atom stereocenters. The topological polar surface area (TPSA) is 56.0 Å². The van der Waals surface area contributed by atoms with Crippen LogP contribution in [0.25, 0.3) is 10.9 Å². The van der Waals surface area contributed by atoms with E-state index in [9.17, 15) is 4.79 Å². The summed E-state index contributed by atoms with van der Waals surface area (Å²) in [5, 5.41) is 0.819. The van der Waals surface area contributed by atoms with Crippen molar-refractivity contribution < 1.29 is 4.79 Å². The van der Waals surface area contributed by atoms with E-state index < -0.39 is 5.91 Å². The number of nitrogens with zero attached hydrogens (tertiary/aromatic N) is 1. The predicted octanol–water partition coefficient (Wildman–Crippen LogP) is 2.46. The van der Waals surface area contributed by atoms with Crippen molar-refractivity contribution in [2.75, 3.05) is 0 Å². The molecule has 1 aromatic carbocycles. The Bertz CT molecular complexity index is 547. The van der Waals surface area contributed by atoms with Crippen molar-refractivity contribution in [1.82, 2.24) is 4.98 Å². The summed E-state index contributed by atoms with van der Waals surface area (Å²) in [5.41, 5.74) is 7.65. The minimum atomic E-state index is -0.402. The van der Waals surface area contributed by atoms with Gasteiger partial charge in [-0.2, -0.15) is 0 Å². The normalized spacial score (nSPS) is 10.9. The maximum atomic E-state index is 11.4. The largest absolute Gasteiger partial charge is 0.366 e.